The molecule has 0 amide bonds. The first-order valence-electron chi connectivity index (χ1n) is 9.21. The third-order valence-corrected chi connectivity index (χ3v) is 3.24. The lowest BCUT2D eigenvalue weighted by Gasteiger charge is -1.95. The summed E-state index contributed by atoms with van der Waals surface area (Å²) in [5.74, 6) is -0.162. The molecule has 2 nitrogen and oxygen atoms in total. The number of unbranched alkanes of at least 4 members (excludes halogenated alkanes) is 2. The number of allylic oxidation sites excluding steroid dienone is 9. The van der Waals surface area contributed by atoms with Crippen molar-refractivity contribution in [1.82, 2.24) is 0 Å². The summed E-state index contributed by atoms with van der Waals surface area (Å²) in [4.78, 5) is 11.1. The van der Waals surface area contributed by atoms with Crippen LogP contribution in [0.3, 0.4) is 0 Å². The van der Waals surface area contributed by atoms with Crippen molar-refractivity contribution in [2.45, 2.75) is 65.2 Å². The lowest BCUT2D eigenvalue weighted by Crippen LogP contribution is -2.01. The molecule has 0 aromatic heterocycles. The smallest absolute Gasteiger partial charge is 0.309 e. The third-order valence-electron chi connectivity index (χ3n) is 3.24. The summed E-state index contributed by atoms with van der Waals surface area (Å²) in [5, 5.41) is 0. The van der Waals surface area contributed by atoms with Gasteiger partial charge in [-0.15, -0.1) is 0 Å². The van der Waals surface area contributed by atoms with E-state index in [1.54, 1.807) is 0 Å². The van der Waals surface area contributed by atoms with E-state index in [9.17, 15) is 4.79 Å². The second kappa shape index (κ2) is 19.2. The molecule has 0 N–H and O–H groups in total. The number of hydrogen-bond acceptors (Lipinski definition) is 2. The Kier molecular flexibility index (Phi) is 17.8. The largest absolute Gasteiger partial charge is 0.466 e. The second-order valence-corrected chi connectivity index (χ2v) is 5.45. The Labute approximate surface area is 148 Å². The Morgan fingerprint density at radius 2 is 1.17 bits per heavy atom. The fourth-order valence-electron chi connectivity index (χ4n) is 1.92. The van der Waals surface area contributed by atoms with Gasteiger partial charge in [0.05, 0.1) is 13.0 Å². The van der Waals surface area contributed by atoms with Gasteiger partial charge >= 0.3 is 5.97 Å². The molecule has 0 rings (SSSR count). The Morgan fingerprint density at radius 3 is 1.62 bits per heavy atom. The molecule has 0 aliphatic rings. The van der Waals surface area contributed by atoms with E-state index >= 15 is 0 Å². The van der Waals surface area contributed by atoms with Crippen molar-refractivity contribution in [3.05, 3.63) is 60.8 Å². The molecular weight excluding hydrogens is 296 g/mol. The van der Waals surface area contributed by atoms with E-state index in [1.165, 1.54) is 19.3 Å². The van der Waals surface area contributed by atoms with Gasteiger partial charge in [0.15, 0.2) is 0 Å². The molecule has 0 fully saturated rings. The number of carbonyl (C=O) groups excluding carboxylic acids is 1. The molecule has 0 saturated carbocycles. The van der Waals surface area contributed by atoms with Crippen LogP contribution in [0.4, 0.5) is 0 Å². The molecule has 0 radical (unpaired) electrons. The molecule has 24 heavy (non-hydrogen) atoms. The van der Waals surface area contributed by atoms with Crippen LogP contribution in [0.5, 0.6) is 0 Å². The number of rotatable bonds is 14. The van der Waals surface area contributed by atoms with Gasteiger partial charge < -0.3 is 4.74 Å². The van der Waals surface area contributed by atoms with Gasteiger partial charge in [-0.05, 0) is 39.0 Å². The van der Waals surface area contributed by atoms with Crippen LogP contribution in [-0.4, -0.2) is 12.6 Å². The third kappa shape index (κ3) is 18.2. The minimum atomic E-state index is -0.162. The minimum absolute atomic E-state index is 0.162. The van der Waals surface area contributed by atoms with Gasteiger partial charge in [-0.2, -0.15) is 0 Å². The van der Waals surface area contributed by atoms with Crippen LogP contribution in [0.1, 0.15) is 65.2 Å². The van der Waals surface area contributed by atoms with E-state index in [2.05, 4.69) is 55.5 Å². The highest BCUT2D eigenvalue weighted by atomic mass is 16.5. The van der Waals surface area contributed by atoms with Gasteiger partial charge in [0, 0.05) is 0 Å². The van der Waals surface area contributed by atoms with Gasteiger partial charge in [0.1, 0.15) is 0 Å². The minimum Gasteiger partial charge on any atom is -0.466 e. The predicted octanol–water partition coefficient (Wildman–Crippen LogP) is 6.47. The zero-order valence-electron chi connectivity index (χ0n) is 15.5. The zero-order chi connectivity index (χ0) is 17.7. The Hall–Kier alpha value is -1.83. The van der Waals surface area contributed by atoms with Crippen LogP contribution in [-0.2, 0) is 9.53 Å². The summed E-state index contributed by atoms with van der Waals surface area (Å²) in [7, 11) is 0. The van der Waals surface area contributed by atoms with Crippen molar-refractivity contribution in [2.75, 3.05) is 6.61 Å². The Bertz CT molecular complexity index is 425. The highest BCUT2D eigenvalue weighted by Gasteiger charge is 1.94. The van der Waals surface area contributed by atoms with E-state index in [4.69, 9.17) is 4.74 Å². The molecule has 0 aromatic rings. The van der Waals surface area contributed by atoms with Crippen LogP contribution in [0, 0.1) is 0 Å². The summed E-state index contributed by atoms with van der Waals surface area (Å²) in [6, 6.07) is 0. The van der Waals surface area contributed by atoms with Crippen LogP contribution in [0.25, 0.3) is 0 Å². The summed E-state index contributed by atoms with van der Waals surface area (Å²) < 4.78 is 4.84. The van der Waals surface area contributed by atoms with E-state index in [0.717, 1.165) is 25.7 Å². The number of hydrogen-bond donors (Lipinski definition) is 0. The standard InChI is InChI=1S/C22H34O2/c1-3-5-6-7-8-9-10-11-12-13-14-15-16-17-18-19-20-21-22(23)24-4-2/h7-8,10-11,13-14,16-17,19-20H,3-6,9,12,15,18,21H2,1-2H3. The highest BCUT2D eigenvalue weighted by molar-refractivity contribution is 5.71. The first-order chi connectivity index (χ1) is 11.8. The molecule has 0 unspecified atom stereocenters. The molecule has 2 heteroatoms. The topological polar surface area (TPSA) is 26.3 Å². The van der Waals surface area contributed by atoms with E-state index in [0.29, 0.717) is 13.0 Å². The van der Waals surface area contributed by atoms with Crippen molar-refractivity contribution >= 4 is 5.97 Å². The molecule has 0 heterocycles. The van der Waals surface area contributed by atoms with Crippen molar-refractivity contribution in [3.63, 3.8) is 0 Å². The van der Waals surface area contributed by atoms with E-state index in [-0.39, 0.29) is 5.97 Å². The molecule has 0 bridgehead atoms. The molecule has 0 aromatic carbocycles. The van der Waals surface area contributed by atoms with Crippen LogP contribution >= 0.6 is 0 Å². The molecule has 0 atom stereocenters. The molecule has 0 saturated heterocycles. The van der Waals surface area contributed by atoms with Gasteiger partial charge in [-0.1, -0.05) is 80.5 Å². The van der Waals surface area contributed by atoms with Crippen molar-refractivity contribution in [2.24, 2.45) is 0 Å². The molecule has 134 valence electrons. The fraction of sp³-hybridized carbons (Fsp3) is 0.500. The Morgan fingerprint density at radius 1 is 0.708 bits per heavy atom. The van der Waals surface area contributed by atoms with Gasteiger partial charge in [0.25, 0.3) is 0 Å². The molecule has 0 aliphatic heterocycles. The first-order valence-corrected chi connectivity index (χ1v) is 9.21. The molecule has 0 spiro atoms. The summed E-state index contributed by atoms with van der Waals surface area (Å²) >= 11 is 0. The van der Waals surface area contributed by atoms with E-state index < -0.39 is 0 Å². The average molecular weight is 331 g/mol. The van der Waals surface area contributed by atoms with E-state index in [1.807, 2.05) is 19.1 Å². The average Bonchev–Trinajstić information content (AvgIpc) is 2.58. The van der Waals surface area contributed by atoms with Gasteiger partial charge in [0.2, 0.25) is 0 Å². The fourth-order valence-corrected chi connectivity index (χ4v) is 1.92. The maximum absolute atomic E-state index is 11.1. The van der Waals surface area contributed by atoms with Crippen molar-refractivity contribution in [3.8, 4) is 0 Å². The summed E-state index contributed by atoms with van der Waals surface area (Å²) in [6.45, 7) is 4.49. The van der Waals surface area contributed by atoms with Crippen LogP contribution in [0.2, 0.25) is 0 Å². The maximum Gasteiger partial charge on any atom is 0.309 e. The molecule has 0 aliphatic carbocycles. The number of esters is 1. The number of ether oxygens (including phenoxy) is 1. The maximum atomic E-state index is 11.1. The zero-order valence-corrected chi connectivity index (χ0v) is 15.5. The van der Waals surface area contributed by atoms with Crippen molar-refractivity contribution in [1.29, 1.82) is 0 Å². The first kappa shape index (κ1) is 22.2. The van der Waals surface area contributed by atoms with Gasteiger partial charge in [-0.25, -0.2) is 0 Å². The summed E-state index contributed by atoms with van der Waals surface area (Å²) in [6.07, 6.45) is 29.4. The normalized spacial score (nSPS) is 12.6. The Balaban J connectivity index is 3.52. The van der Waals surface area contributed by atoms with Crippen LogP contribution in [0.15, 0.2) is 60.8 Å². The van der Waals surface area contributed by atoms with Crippen LogP contribution < -0.4 is 0 Å². The predicted molar refractivity (Wildman–Crippen MR) is 105 cm³/mol. The lowest BCUT2D eigenvalue weighted by atomic mass is 10.2. The molecular formula is C22H34O2. The number of carbonyl (C=O) groups is 1. The second-order valence-electron chi connectivity index (χ2n) is 5.45. The lowest BCUT2D eigenvalue weighted by molar-refractivity contribution is -0.142. The summed E-state index contributed by atoms with van der Waals surface area (Å²) in [5.41, 5.74) is 0. The van der Waals surface area contributed by atoms with Crippen molar-refractivity contribution < 1.29 is 9.53 Å². The van der Waals surface area contributed by atoms with Gasteiger partial charge in [-0.3, -0.25) is 4.79 Å². The monoisotopic (exact) mass is 330 g/mol. The highest BCUT2D eigenvalue weighted by Crippen LogP contribution is 1.98. The SMILES string of the molecule is CCCCC=CCC=CCC=CCC=CCC=CCC(=O)OCC. The quantitative estimate of drug-likeness (QED) is 0.207.